The smallest absolute Gasteiger partial charge is 0.319 e. The van der Waals surface area contributed by atoms with Gasteiger partial charge in [0, 0.05) is 10.9 Å². The van der Waals surface area contributed by atoms with Gasteiger partial charge in [-0.1, -0.05) is 36.4 Å². The van der Waals surface area contributed by atoms with E-state index in [4.69, 9.17) is 0 Å². The van der Waals surface area contributed by atoms with Gasteiger partial charge in [0.25, 0.3) is 0 Å². The second kappa shape index (κ2) is 6.47. The maximum atomic E-state index is 11.9. The fraction of sp³-hybridized carbons (Fsp3) is 0.294. The highest BCUT2D eigenvalue weighted by molar-refractivity contribution is 6.02. The van der Waals surface area contributed by atoms with Gasteiger partial charge in [-0.3, -0.25) is 4.79 Å². The Morgan fingerprint density at radius 2 is 1.68 bits per heavy atom. The van der Waals surface area contributed by atoms with Gasteiger partial charge in [-0.15, -0.1) is 0 Å². The van der Waals surface area contributed by atoms with Crippen LogP contribution >= 0.6 is 0 Å². The van der Waals surface area contributed by atoms with Crippen molar-refractivity contribution < 1.29 is 9.59 Å². The first-order valence-corrected chi connectivity index (χ1v) is 7.19. The first-order chi connectivity index (χ1) is 10.3. The third-order valence-corrected chi connectivity index (χ3v) is 2.96. The number of nitrogens with one attached hydrogen (secondary N) is 3. The second-order valence-corrected chi connectivity index (χ2v) is 6.13. The number of benzene rings is 2. The third kappa shape index (κ3) is 4.48. The minimum absolute atomic E-state index is 0.0616. The van der Waals surface area contributed by atoms with Gasteiger partial charge in [0.1, 0.15) is 0 Å². The number of hydrogen-bond acceptors (Lipinski definition) is 2. The van der Waals surface area contributed by atoms with E-state index in [0.717, 1.165) is 10.8 Å². The van der Waals surface area contributed by atoms with E-state index in [1.54, 1.807) is 0 Å². The third-order valence-electron chi connectivity index (χ3n) is 2.96. The van der Waals surface area contributed by atoms with Gasteiger partial charge in [-0.05, 0) is 32.2 Å². The maximum Gasteiger partial charge on any atom is 0.319 e. The molecule has 0 aliphatic heterocycles. The molecular weight excluding hydrogens is 278 g/mol. The lowest BCUT2D eigenvalue weighted by Gasteiger charge is -2.20. The molecule has 0 radical (unpaired) electrons. The summed E-state index contributed by atoms with van der Waals surface area (Å²) in [5.41, 5.74) is 0.400. The van der Waals surface area contributed by atoms with Crippen LogP contribution in [0.5, 0.6) is 0 Å². The lowest BCUT2D eigenvalue weighted by Crippen LogP contribution is -2.46. The molecule has 0 aliphatic carbocycles. The molecule has 0 saturated heterocycles. The average Bonchev–Trinajstić information content (AvgIpc) is 2.44. The van der Waals surface area contributed by atoms with Crippen molar-refractivity contribution in [3.8, 4) is 0 Å². The molecule has 22 heavy (non-hydrogen) atoms. The van der Waals surface area contributed by atoms with Gasteiger partial charge >= 0.3 is 6.03 Å². The fourth-order valence-electron chi connectivity index (χ4n) is 2.12. The second-order valence-electron chi connectivity index (χ2n) is 6.13. The molecule has 5 nitrogen and oxygen atoms in total. The molecular formula is C17H21N3O2. The minimum Gasteiger partial charge on any atom is -0.350 e. The first-order valence-electron chi connectivity index (χ1n) is 7.19. The molecule has 2 rings (SSSR count). The Morgan fingerprint density at radius 1 is 1.00 bits per heavy atom. The molecule has 0 unspecified atom stereocenters. The quantitative estimate of drug-likeness (QED) is 0.815. The SMILES string of the molecule is CC(C)(C)NC(=O)CNC(=O)Nc1cccc2ccccc12. The lowest BCUT2D eigenvalue weighted by molar-refractivity contribution is -0.121. The van der Waals surface area contributed by atoms with Crippen LogP contribution in [-0.4, -0.2) is 24.0 Å². The van der Waals surface area contributed by atoms with Crippen molar-refractivity contribution in [2.24, 2.45) is 0 Å². The molecule has 5 heteroatoms. The number of carbonyl (C=O) groups is 2. The lowest BCUT2D eigenvalue weighted by atomic mass is 10.1. The van der Waals surface area contributed by atoms with Crippen LogP contribution in [0.2, 0.25) is 0 Å². The molecule has 0 spiro atoms. The topological polar surface area (TPSA) is 70.2 Å². The number of rotatable bonds is 3. The molecule has 3 N–H and O–H groups in total. The van der Waals surface area contributed by atoms with Crippen LogP contribution < -0.4 is 16.0 Å². The van der Waals surface area contributed by atoms with E-state index in [9.17, 15) is 9.59 Å². The van der Waals surface area contributed by atoms with Crippen molar-refractivity contribution in [3.63, 3.8) is 0 Å². The van der Waals surface area contributed by atoms with Crippen molar-refractivity contribution in [2.45, 2.75) is 26.3 Å². The Labute approximate surface area is 130 Å². The molecule has 0 fully saturated rings. The summed E-state index contributed by atoms with van der Waals surface area (Å²) in [6.45, 7) is 5.61. The molecule has 2 aromatic rings. The van der Waals surface area contributed by atoms with Crippen LogP contribution in [0.25, 0.3) is 10.8 Å². The van der Waals surface area contributed by atoms with E-state index in [1.165, 1.54) is 0 Å². The van der Waals surface area contributed by atoms with Gasteiger partial charge in [0.05, 0.1) is 12.2 Å². The number of anilines is 1. The van der Waals surface area contributed by atoms with Crippen molar-refractivity contribution in [3.05, 3.63) is 42.5 Å². The van der Waals surface area contributed by atoms with Gasteiger partial charge < -0.3 is 16.0 Å². The van der Waals surface area contributed by atoms with Gasteiger partial charge in [0.2, 0.25) is 5.91 Å². The summed E-state index contributed by atoms with van der Waals surface area (Å²) in [5, 5.41) is 10.1. The standard InChI is InChI=1S/C17H21N3O2/c1-17(2,3)20-15(21)11-18-16(22)19-14-10-6-8-12-7-4-5-9-13(12)14/h4-10H,11H2,1-3H3,(H,20,21)(H2,18,19,22). The van der Waals surface area contributed by atoms with E-state index in [0.29, 0.717) is 5.69 Å². The predicted octanol–water partition coefficient (Wildman–Crippen LogP) is 2.88. The van der Waals surface area contributed by atoms with Crippen LogP contribution in [0, 0.1) is 0 Å². The monoisotopic (exact) mass is 299 g/mol. The number of urea groups is 1. The normalized spacial score (nSPS) is 11.0. The molecule has 116 valence electrons. The van der Waals surface area contributed by atoms with Crippen LogP contribution in [-0.2, 0) is 4.79 Å². The molecule has 2 aromatic carbocycles. The average molecular weight is 299 g/mol. The van der Waals surface area contributed by atoms with Crippen molar-refractivity contribution in [2.75, 3.05) is 11.9 Å². The van der Waals surface area contributed by atoms with Crippen molar-refractivity contribution in [1.29, 1.82) is 0 Å². The fourth-order valence-corrected chi connectivity index (χ4v) is 2.12. The summed E-state index contributed by atoms with van der Waals surface area (Å²) in [4.78, 5) is 23.6. The van der Waals surface area contributed by atoms with Crippen LogP contribution in [0.15, 0.2) is 42.5 Å². The highest BCUT2D eigenvalue weighted by atomic mass is 16.2. The molecule has 0 aliphatic rings. The molecule has 0 heterocycles. The maximum absolute atomic E-state index is 11.9. The van der Waals surface area contributed by atoms with Crippen LogP contribution in [0.3, 0.4) is 0 Å². The highest BCUT2D eigenvalue weighted by Gasteiger charge is 2.14. The van der Waals surface area contributed by atoms with Crippen molar-refractivity contribution >= 4 is 28.4 Å². The van der Waals surface area contributed by atoms with Crippen LogP contribution in [0.1, 0.15) is 20.8 Å². The number of amides is 3. The Kier molecular flexibility index (Phi) is 4.65. The zero-order chi connectivity index (χ0) is 16.2. The zero-order valence-electron chi connectivity index (χ0n) is 13.1. The summed E-state index contributed by atoms with van der Waals surface area (Å²) in [6.07, 6.45) is 0. The number of hydrogen-bond donors (Lipinski definition) is 3. The molecule has 0 bridgehead atoms. The molecule has 0 atom stereocenters. The molecule has 3 amide bonds. The van der Waals surface area contributed by atoms with E-state index in [1.807, 2.05) is 63.2 Å². The first kappa shape index (κ1) is 15.8. The van der Waals surface area contributed by atoms with Gasteiger partial charge in [0.15, 0.2) is 0 Å². The summed E-state index contributed by atoms with van der Waals surface area (Å²) in [6, 6.07) is 13.1. The molecule has 0 aromatic heterocycles. The number of carbonyl (C=O) groups excluding carboxylic acids is 2. The summed E-state index contributed by atoms with van der Waals surface area (Å²) in [5.74, 6) is -0.222. The van der Waals surface area contributed by atoms with E-state index in [-0.39, 0.29) is 18.0 Å². The van der Waals surface area contributed by atoms with Gasteiger partial charge in [-0.25, -0.2) is 4.79 Å². The Balaban J connectivity index is 1.96. The van der Waals surface area contributed by atoms with E-state index in [2.05, 4.69) is 16.0 Å². The Morgan fingerprint density at radius 3 is 2.41 bits per heavy atom. The van der Waals surface area contributed by atoms with Crippen molar-refractivity contribution in [1.82, 2.24) is 10.6 Å². The Bertz CT molecular complexity index is 684. The largest absolute Gasteiger partial charge is 0.350 e. The van der Waals surface area contributed by atoms with E-state index < -0.39 is 6.03 Å². The minimum atomic E-state index is -0.402. The Hall–Kier alpha value is -2.56. The van der Waals surface area contributed by atoms with Gasteiger partial charge in [-0.2, -0.15) is 0 Å². The van der Waals surface area contributed by atoms with E-state index >= 15 is 0 Å². The predicted molar refractivity (Wildman–Crippen MR) is 88.9 cm³/mol. The summed E-state index contributed by atoms with van der Waals surface area (Å²) >= 11 is 0. The summed E-state index contributed by atoms with van der Waals surface area (Å²) in [7, 11) is 0. The zero-order valence-corrected chi connectivity index (χ0v) is 13.1. The van der Waals surface area contributed by atoms with Crippen LogP contribution in [0.4, 0.5) is 10.5 Å². The number of fused-ring (bicyclic) bond motifs is 1. The highest BCUT2D eigenvalue weighted by Crippen LogP contribution is 2.22. The summed E-state index contributed by atoms with van der Waals surface area (Å²) < 4.78 is 0. The molecule has 0 saturated carbocycles.